The van der Waals surface area contributed by atoms with Crippen LogP contribution in [0.15, 0.2) is 0 Å². The van der Waals surface area contributed by atoms with Crippen LogP contribution in [0.2, 0.25) is 0 Å². The molecule has 1 saturated heterocycles. The molecule has 0 radical (unpaired) electrons. The minimum absolute atomic E-state index is 0.0576. The molecule has 0 aliphatic carbocycles. The first kappa shape index (κ1) is 104. The van der Waals surface area contributed by atoms with Gasteiger partial charge in [-0.15, -0.1) is 0 Å². The number of carbonyl (C=O) groups excluding carboxylic acids is 13. The Kier molecular flexibility index (Phi) is 53.2. The van der Waals surface area contributed by atoms with E-state index < -0.39 is 168 Å². The van der Waals surface area contributed by atoms with Gasteiger partial charge in [-0.2, -0.15) is 0 Å². The topological polar surface area (TPSA) is 589 Å². The normalized spacial score (nSPS) is 16.1. The first-order valence-electron chi connectivity index (χ1n) is 42.0. The van der Waals surface area contributed by atoms with Crippen LogP contribution in [0.25, 0.3) is 0 Å². The van der Waals surface area contributed by atoms with Gasteiger partial charge in [0.05, 0.1) is 12.6 Å². The zero-order valence-corrected chi connectivity index (χ0v) is 70.7. The van der Waals surface area contributed by atoms with Crippen LogP contribution in [0, 0.1) is 35.5 Å². The van der Waals surface area contributed by atoms with Crippen molar-refractivity contribution >= 4 is 82.8 Å². The molecule has 1 rings (SSSR count). The smallest absolute Gasteiger partial charge is 0.326 e. The molecule has 0 spiro atoms. The van der Waals surface area contributed by atoms with E-state index in [1.54, 1.807) is 0 Å². The van der Waals surface area contributed by atoms with Gasteiger partial charge in [0.2, 0.25) is 76.8 Å². The maximum atomic E-state index is 14.8. The molecule has 0 aromatic carbocycles. The Morgan fingerprint density at radius 1 is 0.316 bits per heavy atom. The molecule has 1 aliphatic rings. The Bertz CT molecular complexity index is 2940. The first-order valence-corrected chi connectivity index (χ1v) is 42.0. The maximum Gasteiger partial charge on any atom is 0.326 e. The zero-order valence-electron chi connectivity index (χ0n) is 70.7. The molecule has 0 unspecified atom stereocenters. The molecule has 13 atom stereocenters. The second-order valence-corrected chi connectivity index (χ2v) is 33.1. The molecule has 27 N–H and O–H groups in total. The SMILES string of the molecule is CC(C)C[C@H](NC(=O)[C@H](CCCCN)NC(=O)[C@H](CC(C)C)NC(=O)[C@H](CCCCN)NC(=O)[C@H](CC(C)C)NC(=O)[C@H](CCCCN)NC(=O)CNC(=O)[C@@H]1CCCN1C(=O)[C@H](CCCCN)NC(=O)[C@H](CC(C)C)NC(=O)[C@H](CCCCN)NC(=O)[C@H](CC(C)C)NC(=O)[C@H](CCCCN)NC(=O)[C@@H](N)CC(C)C)C(=O)O. The highest BCUT2D eigenvalue weighted by Gasteiger charge is 2.41. The molecule has 0 aromatic heterocycles. The number of hydrogen-bond donors (Lipinski definition) is 20. The van der Waals surface area contributed by atoms with E-state index in [4.69, 9.17) is 40.1 Å². The third kappa shape index (κ3) is 42.8. The van der Waals surface area contributed by atoms with Gasteiger partial charge in [0.15, 0.2) is 0 Å². The van der Waals surface area contributed by atoms with E-state index in [9.17, 15) is 72.2 Å². The van der Waals surface area contributed by atoms with Crippen LogP contribution in [-0.2, 0) is 67.1 Å². The van der Waals surface area contributed by atoms with E-state index in [1.807, 2.05) is 83.1 Å². The number of nitrogens with zero attached hydrogens (tertiary/aromatic N) is 1. The van der Waals surface area contributed by atoms with E-state index in [0.717, 1.165) is 0 Å². The van der Waals surface area contributed by atoms with E-state index in [1.165, 1.54) is 4.90 Å². The largest absolute Gasteiger partial charge is 0.480 e. The molecule has 1 fully saturated rings. The van der Waals surface area contributed by atoms with Crippen molar-refractivity contribution in [2.24, 2.45) is 75.6 Å². The van der Waals surface area contributed by atoms with Crippen LogP contribution in [0.3, 0.4) is 0 Å². The minimum Gasteiger partial charge on any atom is -0.480 e. The van der Waals surface area contributed by atoms with Crippen LogP contribution in [0.5, 0.6) is 0 Å². The number of carbonyl (C=O) groups is 14. The summed E-state index contributed by atoms with van der Waals surface area (Å²) in [5.74, 6) is -10.9. The van der Waals surface area contributed by atoms with E-state index in [-0.39, 0.29) is 145 Å². The zero-order chi connectivity index (χ0) is 86.2. The lowest BCUT2D eigenvalue weighted by atomic mass is 9.99. The van der Waals surface area contributed by atoms with Gasteiger partial charge >= 0.3 is 5.97 Å². The average molecular weight is 1620 g/mol. The Morgan fingerprint density at radius 3 is 0.833 bits per heavy atom. The summed E-state index contributed by atoms with van der Waals surface area (Å²) >= 11 is 0. The highest BCUT2D eigenvalue weighted by molar-refractivity contribution is 6.00. The Morgan fingerprint density at radius 2 is 0.553 bits per heavy atom. The van der Waals surface area contributed by atoms with Crippen molar-refractivity contribution in [3.63, 3.8) is 0 Å². The fourth-order valence-corrected chi connectivity index (χ4v) is 13.4. The lowest BCUT2D eigenvalue weighted by Gasteiger charge is -2.31. The second kappa shape index (κ2) is 58.2. The van der Waals surface area contributed by atoms with E-state index >= 15 is 0 Å². The van der Waals surface area contributed by atoms with E-state index in [2.05, 4.69) is 63.8 Å². The summed E-state index contributed by atoms with van der Waals surface area (Å²) in [6.45, 7) is 23.4. The number of likely N-dealkylation sites (tertiary alicyclic amines) is 1. The molecule has 35 nitrogen and oxygen atoms in total. The fourth-order valence-electron chi connectivity index (χ4n) is 13.4. The van der Waals surface area contributed by atoms with Crippen LogP contribution in [0.4, 0.5) is 0 Å². The van der Waals surface area contributed by atoms with Crippen molar-refractivity contribution < 1.29 is 72.2 Å². The summed E-state index contributed by atoms with van der Waals surface area (Å²) in [5.41, 5.74) is 41.2. The number of nitrogens with two attached hydrogens (primary N) is 7. The predicted molar refractivity (Wildman–Crippen MR) is 439 cm³/mol. The molecule has 1 aliphatic heterocycles. The molecular weight excluding hydrogens is 1470 g/mol. The summed E-state index contributed by atoms with van der Waals surface area (Å²) in [4.78, 5) is 199. The standard InChI is InChI=1S/C79H150N20O15/c1-47(2)40-53(86)67(101)89-55(27-14-20-34-81)69(103)95-61(42-49(5)6)74(108)91-57(29-16-22-36-83)71(105)97-63(44-51(9)10)76(110)93-59(31-18-24-38-85)78(112)99-39-25-32-65(99)77(111)87-46-66(100)88-54(26-13-19-33-80)68(102)94-60(41-48(3)4)73(107)90-56(28-15-21-35-82)70(104)96-62(43-50(7)8)75(109)92-58(30-17-23-37-84)72(106)98-64(79(113)114)45-52(11)12/h47-65H,13-46,80-86H2,1-12H3,(H,87,111)(H,88,100)(H,89,101)(H,90,107)(H,91,108)(H,92,109)(H,93,110)(H,94,102)(H,95,103)(H,96,104)(H,97,105)(H,98,106)(H,113,114)/t53-,54-,55-,56-,57-,58-,59-,60-,61-,62-,63-,64-,65-/m0/s1. The molecule has 0 bridgehead atoms. The molecule has 114 heavy (non-hydrogen) atoms. The maximum absolute atomic E-state index is 14.8. The van der Waals surface area contributed by atoms with Gasteiger partial charge in [0.1, 0.15) is 72.5 Å². The van der Waals surface area contributed by atoms with Crippen molar-refractivity contribution in [1.29, 1.82) is 0 Å². The van der Waals surface area contributed by atoms with Crippen molar-refractivity contribution in [1.82, 2.24) is 68.7 Å². The van der Waals surface area contributed by atoms with Gasteiger partial charge < -0.3 is 114 Å². The predicted octanol–water partition coefficient (Wildman–Crippen LogP) is -0.111. The Labute approximate surface area is 677 Å². The van der Waals surface area contributed by atoms with E-state index in [0.29, 0.717) is 103 Å². The number of carboxylic acids is 1. The number of rotatable bonds is 62. The highest BCUT2D eigenvalue weighted by atomic mass is 16.4. The van der Waals surface area contributed by atoms with Crippen molar-refractivity contribution in [2.75, 3.05) is 52.4 Å². The Hall–Kier alpha value is -7.70. The van der Waals surface area contributed by atoms with Crippen LogP contribution >= 0.6 is 0 Å². The molecule has 656 valence electrons. The molecule has 1 heterocycles. The van der Waals surface area contributed by atoms with Crippen molar-refractivity contribution in [2.45, 2.75) is 329 Å². The number of unbranched alkanes of at least 4 members (excludes halogenated alkanes) is 6. The van der Waals surface area contributed by atoms with Crippen LogP contribution in [-0.4, -0.2) is 224 Å². The number of aliphatic carboxylic acids is 1. The third-order valence-corrected chi connectivity index (χ3v) is 19.5. The third-order valence-electron chi connectivity index (χ3n) is 19.5. The number of amides is 13. The molecule has 0 aromatic rings. The summed E-state index contributed by atoms with van der Waals surface area (Å²) in [6.07, 6.45) is 7.57. The van der Waals surface area contributed by atoms with Gasteiger partial charge in [-0.05, 0) is 242 Å². The second-order valence-electron chi connectivity index (χ2n) is 33.1. The summed E-state index contributed by atoms with van der Waals surface area (Å²) in [5, 5.41) is 43.0. The highest BCUT2D eigenvalue weighted by Crippen LogP contribution is 2.22. The molecular formula is C79H150N20O15. The van der Waals surface area contributed by atoms with Gasteiger partial charge in [0, 0.05) is 6.54 Å². The van der Waals surface area contributed by atoms with Gasteiger partial charge in [-0.25, -0.2) is 4.79 Å². The summed E-state index contributed by atoms with van der Waals surface area (Å²) < 4.78 is 0. The van der Waals surface area contributed by atoms with Gasteiger partial charge in [0.25, 0.3) is 0 Å². The average Bonchev–Trinajstić information content (AvgIpc) is 1.66. The minimum atomic E-state index is -1.26. The van der Waals surface area contributed by atoms with Crippen LogP contribution in [0.1, 0.15) is 250 Å². The summed E-state index contributed by atoms with van der Waals surface area (Å²) in [7, 11) is 0. The van der Waals surface area contributed by atoms with Gasteiger partial charge in [-0.3, -0.25) is 62.3 Å². The Balaban J connectivity index is 3.55. The quantitative estimate of drug-likeness (QED) is 0.0353. The number of carboxylic acid groups (broad SMARTS) is 1. The fraction of sp³-hybridized carbons (Fsp3) is 0.823. The van der Waals surface area contributed by atoms with Crippen molar-refractivity contribution in [3.05, 3.63) is 0 Å². The van der Waals surface area contributed by atoms with Gasteiger partial charge in [-0.1, -0.05) is 83.1 Å². The molecule has 35 heteroatoms. The molecule has 0 saturated carbocycles. The number of hydrogen-bond acceptors (Lipinski definition) is 21. The molecule has 13 amide bonds. The lowest BCUT2D eigenvalue weighted by Crippen LogP contribution is -2.60. The first-order chi connectivity index (χ1) is 53.9. The monoisotopic (exact) mass is 1620 g/mol. The van der Waals surface area contributed by atoms with Crippen molar-refractivity contribution in [3.8, 4) is 0 Å². The van der Waals surface area contributed by atoms with Crippen LogP contribution < -0.4 is 104 Å². The lowest BCUT2D eigenvalue weighted by molar-refractivity contribution is -0.143. The summed E-state index contributed by atoms with van der Waals surface area (Å²) in [6, 6.07) is -15.3. The number of nitrogens with one attached hydrogen (secondary N) is 12.